The molecular weight excluding hydrogens is 396 g/mol. The van der Waals surface area contributed by atoms with Crippen molar-refractivity contribution in [3.05, 3.63) is 64.2 Å². The van der Waals surface area contributed by atoms with Gasteiger partial charge >= 0.3 is 0 Å². The number of sulfonamides is 1. The molecule has 2 aromatic rings. The Hall–Kier alpha value is -2.82. The molecule has 1 N–H and O–H groups in total. The number of nitrogens with one attached hydrogen (secondary N) is 1. The number of nitro benzene ring substituents is 1. The fraction of sp³-hybridized carbons (Fsp3) is 0.316. The topological polar surface area (TPSA) is 114 Å². The molecule has 0 atom stereocenters. The molecule has 1 fully saturated rings. The quantitative estimate of drug-likeness (QED) is 0.420. The summed E-state index contributed by atoms with van der Waals surface area (Å²) in [6, 6.07) is 13.2. The number of hydrazone groups is 1. The largest absolute Gasteiger partial charge is 0.379 e. The molecule has 0 amide bonds. The van der Waals surface area contributed by atoms with Crippen LogP contribution in [-0.4, -0.2) is 49.7 Å². The molecule has 0 radical (unpaired) electrons. The second-order valence-electron chi connectivity index (χ2n) is 6.34. The molecule has 0 unspecified atom stereocenters. The van der Waals surface area contributed by atoms with Crippen LogP contribution in [0.1, 0.15) is 18.9 Å². The van der Waals surface area contributed by atoms with Crippen LogP contribution in [0.15, 0.2) is 58.5 Å². The highest BCUT2D eigenvalue weighted by atomic mass is 32.2. The zero-order valence-corrected chi connectivity index (χ0v) is 16.8. The first-order valence-corrected chi connectivity index (χ1v) is 10.6. The maximum absolute atomic E-state index is 12.8. The summed E-state index contributed by atoms with van der Waals surface area (Å²) in [5, 5.41) is 15.8. The molecule has 3 rings (SSSR count). The van der Waals surface area contributed by atoms with E-state index in [-0.39, 0.29) is 29.4 Å². The third-order valence-electron chi connectivity index (χ3n) is 4.53. The Morgan fingerprint density at radius 1 is 1.21 bits per heavy atom. The van der Waals surface area contributed by atoms with Crippen LogP contribution >= 0.6 is 0 Å². The minimum Gasteiger partial charge on any atom is -0.379 e. The van der Waals surface area contributed by atoms with E-state index in [1.165, 1.54) is 16.4 Å². The molecular formula is C19H22N4O5S. The molecule has 0 aromatic heterocycles. The Morgan fingerprint density at radius 2 is 1.90 bits per heavy atom. The maximum atomic E-state index is 12.8. The number of nitro groups is 1. The van der Waals surface area contributed by atoms with Crippen LogP contribution in [0.2, 0.25) is 0 Å². The van der Waals surface area contributed by atoms with Gasteiger partial charge in [-0.25, -0.2) is 8.42 Å². The lowest BCUT2D eigenvalue weighted by Crippen LogP contribution is -2.40. The van der Waals surface area contributed by atoms with E-state index in [0.717, 1.165) is 17.3 Å². The summed E-state index contributed by atoms with van der Waals surface area (Å²) < 4.78 is 32.0. The summed E-state index contributed by atoms with van der Waals surface area (Å²) in [6.07, 6.45) is 0.619. The van der Waals surface area contributed by atoms with Crippen LogP contribution in [0.25, 0.3) is 0 Å². The fourth-order valence-electron chi connectivity index (χ4n) is 2.96. The first-order chi connectivity index (χ1) is 13.9. The van der Waals surface area contributed by atoms with Gasteiger partial charge in [0.15, 0.2) is 0 Å². The number of morpholine rings is 1. The minimum atomic E-state index is -3.83. The summed E-state index contributed by atoms with van der Waals surface area (Å²) in [5.41, 5.74) is 4.11. The number of benzene rings is 2. The predicted octanol–water partition coefficient (Wildman–Crippen LogP) is 2.84. The lowest BCUT2D eigenvalue weighted by Gasteiger charge is -2.26. The van der Waals surface area contributed by atoms with Gasteiger partial charge in [-0.3, -0.25) is 15.5 Å². The van der Waals surface area contributed by atoms with E-state index in [0.29, 0.717) is 19.6 Å². The van der Waals surface area contributed by atoms with Crippen molar-refractivity contribution < 1.29 is 18.1 Å². The molecule has 1 aliphatic rings. The van der Waals surface area contributed by atoms with E-state index in [4.69, 9.17) is 4.74 Å². The van der Waals surface area contributed by atoms with Crippen molar-refractivity contribution in [1.82, 2.24) is 4.31 Å². The van der Waals surface area contributed by atoms with E-state index in [1.54, 1.807) is 0 Å². The summed E-state index contributed by atoms with van der Waals surface area (Å²) in [7, 11) is -3.83. The van der Waals surface area contributed by atoms with Crippen molar-refractivity contribution in [3.63, 3.8) is 0 Å². The Kier molecular flexibility index (Phi) is 6.57. The second-order valence-corrected chi connectivity index (χ2v) is 8.28. The van der Waals surface area contributed by atoms with Gasteiger partial charge in [-0.1, -0.05) is 37.3 Å². The maximum Gasteiger partial charge on any atom is 0.295 e. The van der Waals surface area contributed by atoms with Gasteiger partial charge in [0.05, 0.1) is 28.7 Å². The molecule has 29 heavy (non-hydrogen) atoms. The van der Waals surface area contributed by atoms with Crippen molar-refractivity contribution in [2.45, 2.75) is 18.2 Å². The smallest absolute Gasteiger partial charge is 0.295 e. The lowest BCUT2D eigenvalue weighted by molar-refractivity contribution is -0.384. The van der Waals surface area contributed by atoms with Gasteiger partial charge in [0.25, 0.3) is 5.69 Å². The summed E-state index contributed by atoms with van der Waals surface area (Å²) in [6.45, 7) is 2.97. The normalized spacial score (nSPS) is 15.8. The molecule has 154 valence electrons. The number of anilines is 1. The average molecular weight is 418 g/mol. The first kappa shape index (κ1) is 20.9. The molecule has 0 spiro atoms. The van der Waals surface area contributed by atoms with Gasteiger partial charge in [0.1, 0.15) is 5.69 Å². The molecule has 1 saturated heterocycles. The highest BCUT2D eigenvalue weighted by Crippen LogP contribution is 2.29. The van der Waals surface area contributed by atoms with E-state index >= 15 is 0 Å². The van der Waals surface area contributed by atoms with Gasteiger partial charge in [0, 0.05) is 19.2 Å². The molecule has 1 aliphatic heterocycles. The summed E-state index contributed by atoms with van der Waals surface area (Å²) in [4.78, 5) is 10.8. The third-order valence-corrected chi connectivity index (χ3v) is 6.42. The molecule has 10 heteroatoms. The summed E-state index contributed by atoms with van der Waals surface area (Å²) >= 11 is 0. The van der Waals surface area contributed by atoms with Crippen molar-refractivity contribution in [2.75, 3.05) is 31.7 Å². The number of rotatable bonds is 7. The summed E-state index contributed by atoms with van der Waals surface area (Å²) in [5.74, 6) is 0. The monoisotopic (exact) mass is 418 g/mol. The number of hydrogen-bond acceptors (Lipinski definition) is 7. The first-order valence-electron chi connectivity index (χ1n) is 9.18. The molecule has 0 bridgehead atoms. The highest BCUT2D eigenvalue weighted by molar-refractivity contribution is 7.89. The van der Waals surface area contributed by atoms with Gasteiger partial charge in [-0.05, 0) is 24.1 Å². The van der Waals surface area contributed by atoms with Gasteiger partial charge < -0.3 is 4.74 Å². The van der Waals surface area contributed by atoms with Crippen LogP contribution < -0.4 is 5.43 Å². The van der Waals surface area contributed by atoms with Crippen LogP contribution in [0.5, 0.6) is 0 Å². The Labute approximate surface area is 169 Å². The zero-order chi connectivity index (χ0) is 20.9. The molecule has 2 aromatic carbocycles. The van der Waals surface area contributed by atoms with Gasteiger partial charge in [0.2, 0.25) is 10.0 Å². The van der Waals surface area contributed by atoms with Crippen LogP contribution in [0.4, 0.5) is 11.4 Å². The number of nitrogens with zero attached hydrogens (tertiary/aromatic N) is 3. The van der Waals surface area contributed by atoms with Gasteiger partial charge in [-0.15, -0.1) is 0 Å². The molecule has 0 saturated carbocycles. The molecule has 0 aliphatic carbocycles. The lowest BCUT2D eigenvalue weighted by atomic mass is 10.1. The fourth-order valence-corrected chi connectivity index (χ4v) is 4.39. The highest BCUT2D eigenvalue weighted by Gasteiger charge is 2.28. The zero-order valence-electron chi connectivity index (χ0n) is 15.9. The van der Waals surface area contributed by atoms with Crippen molar-refractivity contribution in [1.29, 1.82) is 0 Å². The molecule has 1 heterocycles. The van der Waals surface area contributed by atoms with E-state index in [1.807, 2.05) is 37.3 Å². The Morgan fingerprint density at radius 3 is 2.52 bits per heavy atom. The van der Waals surface area contributed by atoms with Crippen molar-refractivity contribution in [3.8, 4) is 0 Å². The average Bonchev–Trinajstić information content (AvgIpc) is 2.75. The molecule has 9 nitrogen and oxygen atoms in total. The van der Waals surface area contributed by atoms with Gasteiger partial charge in [-0.2, -0.15) is 9.41 Å². The Balaban J connectivity index is 1.90. The standard InChI is InChI=1S/C19H22N4O5S/c1-2-17(15-6-4-3-5-7-15)20-21-18-9-8-16(14-19(18)23(24)25)29(26,27)22-10-12-28-13-11-22/h3-9,14,21H,2,10-13H2,1H3/b20-17+. The number of ether oxygens (including phenoxy) is 1. The van der Waals surface area contributed by atoms with Crippen molar-refractivity contribution in [2.24, 2.45) is 5.10 Å². The number of hydrogen-bond donors (Lipinski definition) is 1. The van der Waals surface area contributed by atoms with Crippen LogP contribution in [0, 0.1) is 10.1 Å². The van der Waals surface area contributed by atoms with Crippen LogP contribution in [-0.2, 0) is 14.8 Å². The van der Waals surface area contributed by atoms with E-state index in [9.17, 15) is 18.5 Å². The third kappa shape index (κ3) is 4.78. The van der Waals surface area contributed by atoms with E-state index < -0.39 is 14.9 Å². The predicted molar refractivity (Wildman–Crippen MR) is 110 cm³/mol. The minimum absolute atomic E-state index is 0.123. The van der Waals surface area contributed by atoms with E-state index in [2.05, 4.69) is 10.5 Å². The Bertz CT molecular complexity index is 1000. The van der Waals surface area contributed by atoms with Crippen molar-refractivity contribution >= 4 is 27.1 Å². The second kappa shape index (κ2) is 9.12. The SMILES string of the molecule is CC/C(=N\Nc1ccc(S(=O)(=O)N2CCOCC2)cc1[N+](=O)[O-])c1ccccc1. The van der Waals surface area contributed by atoms with Crippen LogP contribution in [0.3, 0.4) is 0 Å².